The molecule has 0 unspecified atom stereocenters. The van der Waals surface area contributed by atoms with E-state index in [4.69, 9.17) is 11.5 Å². The summed E-state index contributed by atoms with van der Waals surface area (Å²) in [7, 11) is 0. The lowest BCUT2D eigenvalue weighted by atomic mass is 9.99. The van der Waals surface area contributed by atoms with Crippen molar-refractivity contribution in [1.82, 2.24) is 78.6 Å². The van der Waals surface area contributed by atoms with Crippen LogP contribution in [0.3, 0.4) is 0 Å². The zero-order valence-corrected chi connectivity index (χ0v) is 63.3. The van der Waals surface area contributed by atoms with Crippen LogP contribution in [0.1, 0.15) is 127 Å². The summed E-state index contributed by atoms with van der Waals surface area (Å²) in [6, 6.07) is 15.6. The van der Waals surface area contributed by atoms with Gasteiger partial charge >= 0.3 is 0 Å². The molecule has 3 heterocycles. The van der Waals surface area contributed by atoms with Gasteiger partial charge < -0.3 is 90.6 Å². The molecule has 1 saturated heterocycles. The maximum atomic E-state index is 15.3. The Morgan fingerprint density at radius 2 is 1.05 bits per heavy atom. The number of fused-ring (bicyclic) bond motifs is 1. The van der Waals surface area contributed by atoms with Crippen LogP contribution in [0.25, 0.3) is 10.8 Å². The van der Waals surface area contributed by atoms with Gasteiger partial charge in [0.15, 0.2) is 6.17 Å². The molecule has 0 bridgehead atoms. The molecular weight excluding hydrogens is 1430 g/mol. The number of carbonyl (C=O) groups excluding carboxylic acids is 14. The maximum Gasteiger partial charge on any atom is 0.264 e. The number of aliphatic hydroxyl groups is 1. The Morgan fingerprint density at radius 1 is 0.532 bits per heavy atom. The maximum absolute atomic E-state index is 15.3. The van der Waals surface area contributed by atoms with Gasteiger partial charge in [-0.05, 0) is 121 Å². The van der Waals surface area contributed by atoms with Crippen molar-refractivity contribution in [3.63, 3.8) is 0 Å². The van der Waals surface area contributed by atoms with E-state index in [1.165, 1.54) is 63.2 Å². The number of aliphatic hydroxyl groups excluding tert-OH is 1. The van der Waals surface area contributed by atoms with Crippen LogP contribution in [0.5, 0.6) is 0 Å². The predicted molar refractivity (Wildman–Crippen MR) is 411 cm³/mol. The molecule has 10 atom stereocenters. The van der Waals surface area contributed by atoms with Crippen molar-refractivity contribution < 1.29 is 72.2 Å². The number of nitrogen functional groups attached to an aromatic ring is 1. The number of hydrogen-bond acceptors (Lipinski definition) is 19. The molecule has 594 valence electrons. The van der Waals surface area contributed by atoms with Gasteiger partial charge in [-0.1, -0.05) is 100 Å². The lowest BCUT2D eigenvalue weighted by Gasteiger charge is -2.31. The van der Waals surface area contributed by atoms with Gasteiger partial charge in [0.25, 0.3) is 11.8 Å². The highest BCUT2D eigenvalue weighted by molar-refractivity contribution is 6.03. The number of aromatic nitrogens is 3. The van der Waals surface area contributed by atoms with Gasteiger partial charge in [-0.25, -0.2) is 0 Å². The molecule has 0 radical (unpaired) electrons. The van der Waals surface area contributed by atoms with E-state index in [-0.39, 0.29) is 80.7 Å². The van der Waals surface area contributed by atoms with E-state index in [1.54, 1.807) is 62.4 Å². The van der Waals surface area contributed by atoms with Crippen LogP contribution in [0.15, 0.2) is 122 Å². The van der Waals surface area contributed by atoms with Gasteiger partial charge in [0, 0.05) is 82.8 Å². The number of aromatic amines is 1. The summed E-state index contributed by atoms with van der Waals surface area (Å²) >= 11 is 0. The highest BCUT2D eigenvalue weighted by Crippen LogP contribution is 2.23. The Balaban J connectivity index is 1.18. The number of nitrogens with one attached hydrogen (secondary N) is 14. The third-order valence-electron chi connectivity index (χ3n) is 18.0. The molecule has 111 heavy (non-hydrogen) atoms. The minimum atomic E-state index is -2.04. The summed E-state index contributed by atoms with van der Waals surface area (Å²) in [5.74, 6) is -12.0. The Bertz CT molecular complexity index is 4270. The van der Waals surface area contributed by atoms with E-state index in [0.29, 0.717) is 59.4 Å². The number of amides is 14. The van der Waals surface area contributed by atoms with Crippen molar-refractivity contribution >= 4 is 111 Å². The first kappa shape index (κ1) is 86.0. The molecule has 0 aliphatic carbocycles. The molecule has 19 N–H and O–H groups in total. The fourth-order valence-electron chi connectivity index (χ4n) is 12.4. The SMILES string of the molecule is CC(=O)Nc1ccc(C[C@H](NC(=O)[C@H](CO)NC(=O)[C@@H](Cc2cccnc2)NC(=O)[C@@H](NC(=O)c2cn[nH]c2N)NC(=O)[C@@H](Cc2ccc3ccccc3c2)NC(C)=O)C(=O)N[C@H](Cc2ccc(NC(C)=O)cc2)C(=O)N[C@@H](CC(C)C)C(=O)N[C@@H](CCCCNC(C)C)C(=O)N2CCC[C@@H]2C(=O)N[C@H](C)C(N)=O)cc1. The van der Waals surface area contributed by atoms with Gasteiger partial charge in [0.05, 0.1) is 12.8 Å². The number of primary amides is 1. The Labute approximate surface area is 642 Å². The molecule has 6 aromatic rings. The third kappa shape index (κ3) is 27.2. The topological polar surface area (TPSA) is 512 Å². The van der Waals surface area contributed by atoms with Gasteiger partial charge in [-0.2, -0.15) is 5.10 Å². The van der Waals surface area contributed by atoms with Crippen LogP contribution in [0.4, 0.5) is 17.2 Å². The lowest BCUT2D eigenvalue weighted by Crippen LogP contribution is -2.64. The molecule has 1 fully saturated rings. The van der Waals surface area contributed by atoms with Gasteiger partial charge in [-0.15, -0.1) is 0 Å². The summed E-state index contributed by atoms with van der Waals surface area (Å²) < 4.78 is 0. The molecule has 2 aromatic heterocycles. The number of likely N-dealkylation sites (tertiary alicyclic amines) is 1. The van der Waals surface area contributed by atoms with Crippen LogP contribution in [-0.2, 0) is 88.0 Å². The van der Waals surface area contributed by atoms with Crippen molar-refractivity contribution in [2.75, 3.05) is 36.1 Å². The molecular formula is C77H101N19O15. The van der Waals surface area contributed by atoms with E-state index in [0.717, 1.165) is 17.0 Å². The Morgan fingerprint density at radius 3 is 1.58 bits per heavy atom. The minimum Gasteiger partial charge on any atom is -0.394 e. The van der Waals surface area contributed by atoms with E-state index >= 15 is 9.59 Å². The number of rotatable bonds is 40. The summed E-state index contributed by atoms with van der Waals surface area (Å²) in [6.45, 7) is 12.4. The molecule has 0 saturated carbocycles. The van der Waals surface area contributed by atoms with Crippen molar-refractivity contribution in [2.24, 2.45) is 11.7 Å². The molecule has 4 aromatic carbocycles. The highest BCUT2D eigenvalue weighted by atomic mass is 16.3. The van der Waals surface area contributed by atoms with Crippen LogP contribution >= 0.6 is 0 Å². The van der Waals surface area contributed by atoms with Gasteiger partial charge in [0.2, 0.25) is 70.9 Å². The molecule has 34 nitrogen and oxygen atoms in total. The second kappa shape index (κ2) is 42.0. The molecule has 1 aliphatic heterocycles. The molecule has 34 heteroatoms. The van der Waals surface area contributed by atoms with Crippen LogP contribution in [0.2, 0.25) is 0 Å². The number of benzene rings is 4. The number of anilines is 3. The number of unbranched alkanes of at least 4 members (excludes halogenated alkanes) is 1. The van der Waals surface area contributed by atoms with Crippen molar-refractivity contribution in [1.29, 1.82) is 0 Å². The van der Waals surface area contributed by atoms with Crippen molar-refractivity contribution in [2.45, 2.75) is 186 Å². The Hall–Kier alpha value is -12.2. The summed E-state index contributed by atoms with van der Waals surface area (Å²) in [5, 5.41) is 53.6. The van der Waals surface area contributed by atoms with Gasteiger partial charge in [-0.3, -0.25) is 77.2 Å². The molecule has 1 aliphatic rings. The van der Waals surface area contributed by atoms with Crippen molar-refractivity contribution in [3.8, 4) is 0 Å². The minimum absolute atomic E-state index is 0.000141. The fraction of sp³-hybridized carbons (Fsp3) is 0.429. The number of pyridine rings is 1. The highest BCUT2D eigenvalue weighted by Gasteiger charge is 2.41. The second-order valence-electron chi connectivity index (χ2n) is 28.1. The smallest absolute Gasteiger partial charge is 0.264 e. The zero-order valence-electron chi connectivity index (χ0n) is 63.3. The zero-order chi connectivity index (χ0) is 81.0. The fourth-order valence-corrected chi connectivity index (χ4v) is 12.4. The van der Waals surface area contributed by atoms with Crippen LogP contribution in [-0.4, -0.2) is 194 Å². The Kier molecular flexibility index (Phi) is 32.5. The quantitative estimate of drug-likeness (QED) is 0.0180. The lowest BCUT2D eigenvalue weighted by molar-refractivity contribution is -0.142. The van der Waals surface area contributed by atoms with E-state index in [9.17, 15) is 62.6 Å². The van der Waals surface area contributed by atoms with Gasteiger partial charge in [0.1, 0.15) is 65.8 Å². The average molecular weight is 1530 g/mol. The molecule has 0 spiro atoms. The van der Waals surface area contributed by atoms with E-state index in [2.05, 4.69) is 84.3 Å². The number of nitrogens with two attached hydrogens (primary N) is 2. The van der Waals surface area contributed by atoms with Crippen LogP contribution in [0, 0.1) is 5.92 Å². The molecule has 14 amide bonds. The molecule has 7 rings (SSSR count). The van der Waals surface area contributed by atoms with E-state index < -0.39 is 144 Å². The number of hydrogen-bond donors (Lipinski definition) is 17. The standard InChI is InChI=1S/C77H101N19O15/c1-42(2)33-58(69(103)87-57(18-11-12-31-81-43(3)4)77(111)96-32-14-19-64(96)75(109)83-44(5)66(79)101)88-70(104)60(35-48-21-26-54(27-22-48)84-45(6)98)89-71(105)61(36-49-23-28-55(29-24-49)85-46(7)99)90-74(108)63(41-97)92-72(106)62(38-51-15-13-30-80-39-51)91-76(110)67(93-68(102)56-40-82-95-65(56)78)94-73(107)59(86-47(8)100)37-50-20-25-52-16-9-10-17-53(52)34-50/h9-10,13,15-17,20-30,34,39-40,42-44,57-64,67,81,97H,11-12,14,18-19,31-33,35-38,41H2,1-8H3,(H2,79,101)(H,83,109)(H,84,98)(H,85,99)(H,86,100)(H,87,103)(H,88,104)(H,89,105)(H,90,108)(H,91,110)(H,92,106)(H,93,102)(H,94,107)(H3,78,82,95)/t44-,57+,58+,59-,60-,61+,62-,63+,64-,67+/m1/s1. The average Bonchev–Trinajstić information content (AvgIpc) is 1.73. The second-order valence-corrected chi connectivity index (χ2v) is 28.1. The first-order valence-corrected chi connectivity index (χ1v) is 36.7. The third-order valence-corrected chi connectivity index (χ3v) is 18.0. The first-order chi connectivity index (χ1) is 52.8. The number of nitrogens with zero attached hydrogens (tertiary/aromatic N) is 3. The normalized spacial score (nSPS) is 14.9. The largest absolute Gasteiger partial charge is 0.394 e. The summed E-state index contributed by atoms with van der Waals surface area (Å²) in [4.78, 5) is 201. The van der Waals surface area contributed by atoms with Crippen LogP contribution < -0.4 is 80.6 Å². The van der Waals surface area contributed by atoms with Crippen molar-refractivity contribution in [3.05, 3.63) is 150 Å². The predicted octanol–water partition coefficient (Wildman–Crippen LogP) is 0.201. The first-order valence-electron chi connectivity index (χ1n) is 36.7. The van der Waals surface area contributed by atoms with E-state index in [1.807, 2.05) is 50.2 Å². The number of H-pyrrole nitrogens is 1. The monoisotopic (exact) mass is 1530 g/mol. The summed E-state index contributed by atoms with van der Waals surface area (Å²) in [6.07, 6.45) is 2.58. The summed E-state index contributed by atoms with van der Waals surface area (Å²) in [5.41, 5.74) is 13.7. The number of carbonyl (C=O) groups is 14.